The predicted octanol–water partition coefficient (Wildman–Crippen LogP) is 1.18. The van der Waals surface area contributed by atoms with Crippen LogP contribution in [0.2, 0.25) is 0 Å². The molecule has 1 atom stereocenters. The fraction of sp³-hybridized carbons (Fsp3) is 0.357. The van der Waals surface area contributed by atoms with Gasteiger partial charge in [-0.1, -0.05) is 13.0 Å². The first-order valence-electron chi connectivity index (χ1n) is 6.80. The van der Waals surface area contributed by atoms with E-state index >= 15 is 0 Å². The van der Waals surface area contributed by atoms with Crippen molar-refractivity contribution in [3.8, 4) is 5.75 Å². The Morgan fingerprint density at radius 2 is 2.19 bits per heavy atom. The van der Waals surface area contributed by atoms with Gasteiger partial charge in [-0.05, 0) is 18.6 Å². The summed E-state index contributed by atoms with van der Waals surface area (Å²) in [6.45, 7) is 1.91. The highest BCUT2D eigenvalue weighted by atomic mass is 16.5. The number of hydrogen-bond acceptors (Lipinski definition) is 6. The minimum absolute atomic E-state index is 0.242. The van der Waals surface area contributed by atoms with Crippen molar-refractivity contribution in [2.75, 3.05) is 12.8 Å². The van der Waals surface area contributed by atoms with E-state index in [9.17, 15) is 5.11 Å². The van der Waals surface area contributed by atoms with E-state index in [0.29, 0.717) is 35.6 Å². The van der Waals surface area contributed by atoms with Gasteiger partial charge in [0.1, 0.15) is 11.3 Å². The molecule has 0 amide bonds. The molecule has 0 unspecified atom stereocenters. The fourth-order valence-electron chi connectivity index (χ4n) is 2.28. The Kier molecular flexibility index (Phi) is 3.34. The maximum atomic E-state index is 9.75. The van der Waals surface area contributed by atoms with Gasteiger partial charge >= 0.3 is 0 Å². The molecule has 0 bridgehead atoms. The molecule has 0 saturated heterocycles. The van der Waals surface area contributed by atoms with E-state index in [1.807, 2.05) is 25.1 Å². The molecule has 3 aromatic rings. The number of anilines is 1. The van der Waals surface area contributed by atoms with Gasteiger partial charge in [-0.2, -0.15) is 4.52 Å². The summed E-state index contributed by atoms with van der Waals surface area (Å²) in [4.78, 5) is 8.82. The van der Waals surface area contributed by atoms with Gasteiger partial charge in [0.15, 0.2) is 11.5 Å². The number of aromatic nitrogens is 4. The van der Waals surface area contributed by atoms with Gasteiger partial charge in [-0.25, -0.2) is 9.97 Å². The Morgan fingerprint density at radius 1 is 1.38 bits per heavy atom. The SMILES string of the molecule is CC[C@@H](O)Cc1nc2c3cccc(OC)c3nc(N)n2n1. The monoisotopic (exact) mass is 287 g/mol. The zero-order chi connectivity index (χ0) is 15.0. The largest absolute Gasteiger partial charge is 0.494 e. The molecule has 2 heterocycles. The summed E-state index contributed by atoms with van der Waals surface area (Å²) >= 11 is 0. The first kappa shape index (κ1) is 13.6. The van der Waals surface area contributed by atoms with Gasteiger partial charge in [-0.15, -0.1) is 5.10 Å². The summed E-state index contributed by atoms with van der Waals surface area (Å²) in [7, 11) is 1.59. The number of hydrogen-bond donors (Lipinski definition) is 2. The Bertz CT molecular complexity index is 799. The molecule has 2 aromatic heterocycles. The fourth-order valence-corrected chi connectivity index (χ4v) is 2.28. The molecule has 0 aliphatic carbocycles. The van der Waals surface area contributed by atoms with Gasteiger partial charge in [-0.3, -0.25) is 0 Å². The molecule has 0 aliphatic heterocycles. The van der Waals surface area contributed by atoms with Crippen LogP contribution in [-0.4, -0.2) is 37.9 Å². The smallest absolute Gasteiger partial charge is 0.223 e. The molecule has 110 valence electrons. The number of nitrogens with two attached hydrogens (primary N) is 1. The molecule has 3 rings (SSSR count). The number of benzene rings is 1. The van der Waals surface area contributed by atoms with Crippen LogP contribution in [0.4, 0.5) is 5.95 Å². The van der Waals surface area contributed by atoms with Crippen molar-refractivity contribution in [3.05, 3.63) is 24.0 Å². The highest BCUT2D eigenvalue weighted by Crippen LogP contribution is 2.27. The summed E-state index contributed by atoms with van der Waals surface area (Å²) in [6, 6.07) is 5.59. The lowest BCUT2D eigenvalue weighted by atomic mass is 10.2. The molecule has 0 spiro atoms. The summed E-state index contributed by atoms with van der Waals surface area (Å²) in [6.07, 6.45) is 0.582. The average Bonchev–Trinajstić information content (AvgIpc) is 2.91. The normalized spacial score (nSPS) is 12.9. The summed E-state index contributed by atoms with van der Waals surface area (Å²) in [5, 5.41) is 14.9. The molecule has 0 radical (unpaired) electrons. The van der Waals surface area contributed by atoms with Crippen LogP contribution in [0, 0.1) is 0 Å². The third-order valence-corrected chi connectivity index (χ3v) is 3.44. The Balaban J connectivity index is 2.24. The summed E-state index contributed by atoms with van der Waals surface area (Å²) < 4.78 is 6.80. The molecule has 3 N–H and O–H groups in total. The predicted molar refractivity (Wildman–Crippen MR) is 79.3 cm³/mol. The van der Waals surface area contributed by atoms with Crippen LogP contribution in [0.1, 0.15) is 19.2 Å². The minimum Gasteiger partial charge on any atom is -0.494 e. The van der Waals surface area contributed by atoms with Gasteiger partial charge in [0.25, 0.3) is 0 Å². The van der Waals surface area contributed by atoms with Crippen LogP contribution in [-0.2, 0) is 6.42 Å². The number of aliphatic hydroxyl groups is 1. The van der Waals surface area contributed by atoms with Crippen molar-refractivity contribution >= 4 is 22.5 Å². The summed E-state index contributed by atoms with van der Waals surface area (Å²) in [5.41, 5.74) is 7.23. The lowest BCUT2D eigenvalue weighted by Gasteiger charge is -2.06. The molecule has 21 heavy (non-hydrogen) atoms. The average molecular weight is 287 g/mol. The first-order valence-corrected chi connectivity index (χ1v) is 6.80. The maximum absolute atomic E-state index is 9.75. The number of nitrogens with zero attached hydrogens (tertiary/aromatic N) is 4. The molecule has 0 fully saturated rings. The molecule has 0 saturated carbocycles. The van der Waals surface area contributed by atoms with Crippen molar-refractivity contribution in [1.82, 2.24) is 19.6 Å². The van der Waals surface area contributed by atoms with Gasteiger partial charge in [0.2, 0.25) is 5.95 Å². The summed E-state index contributed by atoms with van der Waals surface area (Å²) in [5.74, 6) is 1.43. The molecule has 7 nitrogen and oxygen atoms in total. The Morgan fingerprint density at radius 3 is 2.90 bits per heavy atom. The van der Waals surface area contributed by atoms with Crippen LogP contribution in [0.15, 0.2) is 18.2 Å². The second kappa shape index (κ2) is 5.17. The zero-order valence-electron chi connectivity index (χ0n) is 11.9. The van der Waals surface area contributed by atoms with E-state index < -0.39 is 6.10 Å². The van der Waals surface area contributed by atoms with E-state index in [-0.39, 0.29) is 5.95 Å². The molecule has 7 heteroatoms. The van der Waals surface area contributed by atoms with E-state index in [1.54, 1.807) is 7.11 Å². The second-order valence-electron chi connectivity index (χ2n) is 4.86. The third-order valence-electron chi connectivity index (χ3n) is 3.44. The number of fused-ring (bicyclic) bond motifs is 3. The second-order valence-corrected chi connectivity index (χ2v) is 4.86. The highest BCUT2D eigenvalue weighted by molar-refractivity contribution is 5.95. The quantitative estimate of drug-likeness (QED) is 0.747. The van der Waals surface area contributed by atoms with E-state index in [2.05, 4.69) is 15.1 Å². The van der Waals surface area contributed by atoms with Crippen LogP contribution >= 0.6 is 0 Å². The van der Waals surface area contributed by atoms with Crippen molar-refractivity contribution < 1.29 is 9.84 Å². The molecular formula is C14H17N5O2. The Hall–Kier alpha value is -2.41. The van der Waals surface area contributed by atoms with Gasteiger partial charge in [0.05, 0.1) is 13.2 Å². The molecule has 1 aromatic carbocycles. The van der Waals surface area contributed by atoms with Crippen molar-refractivity contribution in [1.29, 1.82) is 0 Å². The van der Waals surface area contributed by atoms with Crippen molar-refractivity contribution in [2.45, 2.75) is 25.9 Å². The van der Waals surface area contributed by atoms with E-state index in [0.717, 1.165) is 5.39 Å². The topological polar surface area (TPSA) is 98.6 Å². The minimum atomic E-state index is -0.461. The van der Waals surface area contributed by atoms with E-state index in [1.165, 1.54) is 4.52 Å². The first-order chi connectivity index (χ1) is 10.1. The number of rotatable bonds is 4. The lowest BCUT2D eigenvalue weighted by molar-refractivity contribution is 0.168. The number of ether oxygens (including phenoxy) is 1. The van der Waals surface area contributed by atoms with E-state index in [4.69, 9.17) is 10.5 Å². The van der Waals surface area contributed by atoms with Gasteiger partial charge < -0.3 is 15.6 Å². The van der Waals surface area contributed by atoms with Crippen molar-refractivity contribution in [3.63, 3.8) is 0 Å². The van der Waals surface area contributed by atoms with Crippen LogP contribution in [0.3, 0.4) is 0 Å². The Labute approximate surface area is 121 Å². The number of aliphatic hydroxyl groups excluding tert-OH is 1. The van der Waals surface area contributed by atoms with Crippen LogP contribution in [0.25, 0.3) is 16.6 Å². The highest BCUT2D eigenvalue weighted by Gasteiger charge is 2.15. The maximum Gasteiger partial charge on any atom is 0.223 e. The number of nitrogen functional groups attached to an aromatic ring is 1. The van der Waals surface area contributed by atoms with Gasteiger partial charge in [0, 0.05) is 11.8 Å². The standard InChI is InChI=1S/C14H17N5O2/c1-3-8(20)7-11-16-13-9-5-4-6-10(21-2)12(9)17-14(15)19(13)18-11/h4-6,8,20H,3,7H2,1-2H3,(H2,15,17)/t8-/m1/s1. The van der Waals surface area contributed by atoms with Crippen LogP contribution < -0.4 is 10.5 Å². The molecular weight excluding hydrogens is 270 g/mol. The molecule has 0 aliphatic rings. The third kappa shape index (κ3) is 2.25. The zero-order valence-corrected chi connectivity index (χ0v) is 11.9. The number of methoxy groups -OCH3 is 1. The lowest BCUT2D eigenvalue weighted by Crippen LogP contribution is -2.10. The number of para-hydroxylation sites is 1. The van der Waals surface area contributed by atoms with Crippen molar-refractivity contribution in [2.24, 2.45) is 0 Å². The van der Waals surface area contributed by atoms with Crippen LogP contribution in [0.5, 0.6) is 5.75 Å².